The van der Waals surface area contributed by atoms with Crippen molar-refractivity contribution >= 4 is 17.5 Å². The molecule has 1 aromatic heterocycles. The van der Waals surface area contributed by atoms with Crippen molar-refractivity contribution in [1.82, 2.24) is 30.0 Å². The molecule has 22 heavy (non-hydrogen) atoms. The van der Waals surface area contributed by atoms with E-state index in [4.69, 9.17) is 11.6 Å². The molecule has 8 heteroatoms. The second-order valence-corrected chi connectivity index (χ2v) is 5.70. The van der Waals surface area contributed by atoms with Gasteiger partial charge in [0.2, 0.25) is 5.91 Å². The molecule has 1 amide bonds. The number of amides is 1. The molecule has 0 unspecified atom stereocenters. The highest BCUT2D eigenvalue weighted by molar-refractivity contribution is 6.30. The Morgan fingerprint density at radius 3 is 2.50 bits per heavy atom. The first-order valence-electron chi connectivity index (χ1n) is 7.14. The zero-order valence-electron chi connectivity index (χ0n) is 12.3. The number of tetrazole rings is 1. The number of halogens is 1. The van der Waals surface area contributed by atoms with Gasteiger partial charge in [-0.2, -0.15) is 4.68 Å². The lowest BCUT2D eigenvalue weighted by Gasteiger charge is -2.33. The molecule has 0 atom stereocenters. The van der Waals surface area contributed by atoms with Gasteiger partial charge < -0.3 is 4.90 Å². The van der Waals surface area contributed by atoms with Gasteiger partial charge in [0.25, 0.3) is 0 Å². The van der Waals surface area contributed by atoms with Gasteiger partial charge >= 0.3 is 0 Å². The summed E-state index contributed by atoms with van der Waals surface area (Å²) in [6.45, 7) is 5.41. The largest absolute Gasteiger partial charge is 0.340 e. The van der Waals surface area contributed by atoms with Gasteiger partial charge in [-0.05, 0) is 34.7 Å². The van der Waals surface area contributed by atoms with E-state index in [1.807, 2.05) is 29.2 Å². The number of nitrogens with zero attached hydrogens (tertiary/aromatic N) is 6. The van der Waals surface area contributed by atoms with Gasteiger partial charge in [-0.15, -0.1) is 5.10 Å². The van der Waals surface area contributed by atoms with Gasteiger partial charge in [0, 0.05) is 38.1 Å². The van der Waals surface area contributed by atoms with Crippen LogP contribution in [-0.4, -0.2) is 62.1 Å². The fraction of sp³-hybridized carbons (Fsp3) is 0.429. The van der Waals surface area contributed by atoms with E-state index in [0.29, 0.717) is 11.6 Å². The molecule has 1 saturated heterocycles. The molecular formula is C14H17ClN6O. The van der Waals surface area contributed by atoms with Crippen LogP contribution in [-0.2, 0) is 11.3 Å². The summed E-state index contributed by atoms with van der Waals surface area (Å²) in [6, 6.07) is 7.40. The van der Waals surface area contributed by atoms with Gasteiger partial charge in [-0.25, -0.2) is 0 Å². The third-order valence-corrected chi connectivity index (χ3v) is 4.04. The second kappa shape index (κ2) is 6.41. The topological polar surface area (TPSA) is 67.2 Å². The Bertz CT molecular complexity index is 648. The predicted molar refractivity (Wildman–Crippen MR) is 81.7 cm³/mol. The van der Waals surface area contributed by atoms with Crippen LogP contribution in [0.3, 0.4) is 0 Å². The van der Waals surface area contributed by atoms with Crippen molar-refractivity contribution < 1.29 is 4.79 Å². The first-order chi connectivity index (χ1) is 10.6. The maximum Gasteiger partial charge on any atom is 0.219 e. The van der Waals surface area contributed by atoms with Gasteiger partial charge in [-0.1, -0.05) is 11.6 Å². The molecule has 1 fully saturated rings. The molecule has 1 aliphatic rings. The molecular weight excluding hydrogens is 304 g/mol. The summed E-state index contributed by atoms with van der Waals surface area (Å²) in [5.74, 6) is 0.907. The summed E-state index contributed by atoms with van der Waals surface area (Å²) in [5.41, 5.74) is 0.881. The van der Waals surface area contributed by atoms with Crippen LogP contribution in [0.15, 0.2) is 24.3 Å². The minimum atomic E-state index is 0.130. The highest BCUT2D eigenvalue weighted by Gasteiger charge is 2.20. The predicted octanol–water partition coefficient (Wildman–Crippen LogP) is 0.980. The Labute approximate surface area is 133 Å². The normalized spacial score (nSPS) is 16.0. The van der Waals surface area contributed by atoms with Crippen LogP contribution in [0.4, 0.5) is 0 Å². The fourth-order valence-corrected chi connectivity index (χ4v) is 2.63. The lowest BCUT2D eigenvalue weighted by molar-refractivity contribution is -0.130. The van der Waals surface area contributed by atoms with E-state index in [1.54, 1.807) is 11.6 Å². The van der Waals surface area contributed by atoms with Crippen LogP contribution in [0, 0.1) is 0 Å². The SMILES string of the molecule is CC(=O)N1CCN(Cc2nnnn2-c2ccc(Cl)cc2)CC1. The Morgan fingerprint density at radius 2 is 1.86 bits per heavy atom. The smallest absolute Gasteiger partial charge is 0.219 e. The maximum atomic E-state index is 11.3. The molecule has 2 heterocycles. The number of aromatic nitrogens is 4. The van der Waals surface area contributed by atoms with Crippen molar-refractivity contribution in [1.29, 1.82) is 0 Å². The van der Waals surface area contributed by atoms with Crippen molar-refractivity contribution in [3.63, 3.8) is 0 Å². The summed E-state index contributed by atoms with van der Waals surface area (Å²) in [6.07, 6.45) is 0. The minimum Gasteiger partial charge on any atom is -0.340 e. The number of rotatable bonds is 3. The third kappa shape index (κ3) is 3.26. The van der Waals surface area contributed by atoms with E-state index in [1.165, 1.54) is 0 Å². The van der Waals surface area contributed by atoms with E-state index < -0.39 is 0 Å². The Kier molecular flexibility index (Phi) is 4.35. The summed E-state index contributed by atoms with van der Waals surface area (Å²) >= 11 is 5.91. The van der Waals surface area contributed by atoms with Gasteiger partial charge in [0.05, 0.1) is 12.2 Å². The van der Waals surface area contributed by atoms with Crippen molar-refractivity contribution in [2.45, 2.75) is 13.5 Å². The van der Waals surface area contributed by atoms with Gasteiger partial charge in [0.15, 0.2) is 5.82 Å². The lowest BCUT2D eigenvalue weighted by atomic mass is 10.3. The average Bonchev–Trinajstić information content (AvgIpc) is 2.97. The Morgan fingerprint density at radius 1 is 1.18 bits per heavy atom. The standard InChI is InChI=1S/C14H17ClN6O/c1-11(22)20-8-6-19(7-9-20)10-14-16-17-18-21(14)13-4-2-12(15)3-5-13/h2-5H,6-10H2,1H3. The zero-order chi connectivity index (χ0) is 15.5. The number of benzene rings is 1. The highest BCUT2D eigenvalue weighted by Crippen LogP contribution is 2.14. The summed E-state index contributed by atoms with van der Waals surface area (Å²) in [4.78, 5) is 15.5. The molecule has 0 N–H and O–H groups in total. The zero-order valence-corrected chi connectivity index (χ0v) is 13.1. The van der Waals surface area contributed by atoms with Crippen LogP contribution in [0.5, 0.6) is 0 Å². The van der Waals surface area contributed by atoms with Crippen LogP contribution in [0.1, 0.15) is 12.7 Å². The van der Waals surface area contributed by atoms with E-state index in [2.05, 4.69) is 20.4 Å². The summed E-state index contributed by atoms with van der Waals surface area (Å²) in [7, 11) is 0. The molecule has 3 rings (SSSR count). The van der Waals surface area contributed by atoms with Crippen molar-refractivity contribution in [2.75, 3.05) is 26.2 Å². The van der Waals surface area contributed by atoms with Crippen molar-refractivity contribution in [3.05, 3.63) is 35.1 Å². The number of carbonyl (C=O) groups is 1. The Balaban J connectivity index is 1.68. The number of piperazine rings is 1. The van der Waals surface area contributed by atoms with Crippen LogP contribution in [0.25, 0.3) is 5.69 Å². The quantitative estimate of drug-likeness (QED) is 0.843. The molecule has 2 aromatic rings. The van der Waals surface area contributed by atoms with Crippen LogP contribution < -0.4 is 0 Å². The number of hydrogen-bond acceptors (Lipinski definition) is 5. The fourth-order valence-electron chi connectivity index (χ4n) is 2.51. The molecule has 0 aliphatic carbocycles. The average molecular weight is 321 g/mol. The van der Waals surface area contributed by atoms with Crippen LogP contribution >= 0.6 is 11.6 Å². The van der Waals surface area contributed by atoms with Crippen LogP contribution in [0.2, 0.25) is 5.02 Å². The summed E-state index contributed by atoms with van der Waals surface area (Å²) < 4.78 is 1.72. The molecule has 1 aliphatic heterocycles. The molecule has 0 spiro atoms. The van der Waals surface area contributed by atoms with Crippen molar-refractivity contribution in [2.24, 2.45) is 0 Å². The highest BCUT2D eigenvalue weighted by atomic mass is 35.5. The van der Waals surface area contributed by atoms with Gasteiger partial charge in [0.1, 0.15) is 0 Å². The Hall–Kier alpha value is -1.99. The molecule has 7 nitrogen and oxygen atoms in total. The molecule has 0 saturated carbocycles. The lowest BCUT2D eigenvalue weighted by Crippen LogP contribution is -2.47. The van der Waals surface area contributed by atoms with E-state index in [-0.39, 0.29) is 5.91 Å². The first-order valence-corrected chi connectivity index (χ1v) is 7.52. The monoisotopic (exact) mass is 320 g/mol. The molecule has 1 aromatic carbocycles. The first kappa shape index (κ1) is 14.9. The molecule has 116 valence electrons. The van der Waals surface area contributed by atoms with E-state index in [0.717, 1.165) is 37.7 Å². The molecule has 0 radical (unpaired) electrons. The summed E-state index contributed by atoms with van der Waals surface area (Å²) in [5, 5.41) is 12.6. The second-order valence-electron chi connectivity index (χ2n) is 5.27. The minimum absolute atomic E-state index is 0.130. The third-order valence-electron chi connectivity index (χ3n) is 3.79. The van der Waals surface area contributed by atoms with Gasteiger partial charge in [-0.3, -0.25) is 9.69 Å². The number of hydrogen-bond donors (Lipinski definition) is 0. The number of carbonyl (C=O) groups excluding carboxylic acids is 1. The maximum absolute atomic E-state index is 11.3. The molecule has 0 bridgehead atoms. The van der Waals surface area contributed by atoms with E-state index >= 15 is 0 Å². The van der Waals surface area contributed by atoms with Crippen molar-refractivity contribution in [3.8, 4) is 5.69 Å². The van der Waals surface area contributed by atoms with E-state index in [9.17, 15) is 4.79 Å².